The second-order valence-electron chi connectivity index (χ2n) is 10.6. The van der Waals surface area contributed by atoms with Crippen molar-refractivity contribution in [1.29, 1.82) is 0 Å². The lowest BCUT2D eigenvalue weighted by Crippen LogP contribution is -2.66. The first-order valence-corrected chi connectivity index (χ1v) is 14.7. The molecule has 1 aromatic heterocycles. The van der Waals surface area contributed by atoms with Crippen LogP contribution in [0.25, 0.3) is 10.2 Å². The molecule has 2 atom stereocenters. The number of hydrogen-bond donors (Lipinski definition) is 2. The number of rotatable bonds is 9. The van der Waals surface area contributed by atoms with Crippen molar-refractivity contribution in [3.05, 3.63) is 53.6 Å². The number of thiazole rings is 1. The zero-order valence-electron chi connectivity index (χ0n) is 24.5. The molecular formula is C29H35N7O6S. The fourth-order valence-corrected chi connectivity index (χ4v) is 6.41. The van der Waals surface area contributed by atoms with Crippen LogP contribution in [-0.4, -0.2) is 101 Å². The minimum absolute atomic E-state index is 0.0353. The smallest absolute Gasteiger partial charge is 0.343 e. The fraction of sp³-hybridized carbons (Fsp3) is 0.414. The van der Waals surface area contributed by atoms with E-state index in [4.69, 9.17) is 10.5 Å². The Morgan fingerprint density at radius 2 is 1.93 bits per heavy atom. The van der Waals surface area contributed by atoms with Crippen LogP contribution in [0.3, 0.4) is 0 Å². The van der Waals surface area contributed by atoms with Gasteiger partial charge in [-0.25, -0.2) is 14.6 Å². The molecule has 2 aromatic carbocycles. The molecule has 2 aliphatic rings. The number of hydrazine groups is 1. The number of para-hydroxylation sites is 1. The Morgan fingerprint density at radius 3 is 2.60 bits per heavy atom. The number of nitrogens with two attached hydrogens (primary N) is 1. The number of hydrogen-bond acceptors (Lipinski definition) is 10. The lowest BCUT2D eigenvalue weighted by molar-refractivity contribution is -0.158. The van der Waals surface area contributed by atoms with Gasteiger partial charge in [-0.15, -0.1) is 0 Å². The van der Waals surface area contributed by atoms with Crippen molar-refractivity contribution >= 4 is 50.5 Å². The highest BCUT2D eigenvalue weighted by Crippen LogP contribution is 2.33. The predicted molar refractivity (Wildman–Crippen MR) is 160 cm³/mol. The molecule has 0 spiro atoms. The lowest BCUT2D eigenvalue weighted by atomic mass is 9.99. The van der Waals surface area contributed by atoms with Gasteiger partial charge in [0.15, 0.2) is 11.7 Å². The third kappa shape index (κ3) is 6.06. The summed E-state index contributed by atoms with van der Waals surface area (Å²) in [6, 6.07) is 11.4. The summed E-state index contributed by atoms with van der Waals surface area (Å²) in [6.07, 6.45) is -0.310. The first-order valence-electron chi connectivity index (χ1n) is 13.9. The number of fused-ring (bicyclic) bond motifs is 2. The van der Waals surface area contributed by atoms with Crippen LogP contribution in [0.5, 0.6) is 5.75 Å². The van der Waals surface area contributed by atoms with Crippen molar-refractivity contribution in [2.45, 2.75) is 45.1 Å². The van der Waals surface area contributed by atoms with E-state index in [0.717, 1.165) is 21.3 Å². The molecule has 4 amide bonds. The van der Waals surface area contributed by atoms with E-state index in [1.165, 1.54) is 18.4 Å². The largest absolute Gasteiger partial charge is 0.482 e. The summed E-state index contributed by atoms with van der Waals surface area (Å²) >= 11 is 1.38. The number of piperazine rings is 1. The Balaban J connectivity index is 1.47. The van der Waals surface area contributed by atoms with Crippen LogP contribution in [-0.2, 0) is 32.1 Å². The van der Waals surface area contributed by atoms with Gasteiger partial charge in [-0.3, -0.25) is 14.6 Å². The number of nitrogen functional groups attached to an aromatic ring is 1. The molecule has 2 aliphatic heterocycles. The molecule has 14 heteroatoms. The number of carbonyl (C=O) groups is 4. The van der Waals surface area contributed by atoms with Crippen LogP contribution in [0, 0.1) is 0 Å². The van der Waals surface area contributed by atoms with E-state index < -0.39 is 18.2 Å². The maximum Gasteiger partial charge on any atom is 0.343 e. The molecule has 2 saturated heterocycles. The first kappa shape index (κ1) is 30.0. The van der Waals surface area contributed by atoms with E-state index in [-0.39, 0.29) is 56.5 Å². The van der Waals surface area contributed by atoms with E-state index in [0.29, 0.717) is 10.9 Å². The number of nitrogens with zero attached hydrogens (tertiary/aromatic N) is 5. The average molecular weight is 610 g/mol. The molecule has 3 aromatic rings. The molecule has 0 unspecified atom stereocenters. The van der Waals surface area contributed by atoms with Crippen LogP contribution < -0.4 is 15.8 Å². The molecule has 43 heavy (non-hydrogen) atoms. The summed E-state index contributed by atoms with van der Waals surface area (Å²) in [7, 11) is 2.83. The number of carbonyl (C=O) groups excluding carboxylic acids is 4. The summed E-state index contributed by atoms with van der Waals surface area (Å²) in [6.45, 7) is 3.97. The van der Waals surface area contributed by atoms with Gasteiger partial charge in [-0.2, -0.15) is 5.01 Å². The third-order valence-corrected chi connectivity index (χ3v) is 8.42. The zero-order valence-corrected chi connectivity index (χ0v) is 25.3. The first-order chi connectivity index (χ1) is 20.6. The van der Waals surface area contributed by atoms with Gasteiger partial charge in [-0.1, -0.05) is 35.6 Å². The molecule has 3 N–H and O–H groups in total. The second kappa shape index (κ2) is 12.4. The monoisotopic (exact) mass is 609 g/mol. The molecule has 5 rings (SSSR count). The number of urea groups is 1. The Labute approximate surface area is 253 Å². The fourth-order valence-electron chi connectivity index (χ4n) is 5.63. The summed E-state index contributed by atoms with van der Waals surface area (Å²) in [5.74, 6) is -0.456. The lowest BCUT2D eigenvalue weighted by Gasteiger charge is -2.47. The number of nitrogens with one attached hydrogen (secondary N) is 1. The summed E-state index contributed by atoms with van der Waals surface area (Å²) in [4.78, 5) is 59.9. The van der Waals surface area contributed by atoms with Gasteiger partial charge in [0.1, 0.15) is 18.0 Å². The third-order valence-electron chi connectivity index (χ3n) is 7.57. The Hall–Kier alpha value is -4.43. The van der Waals surface area contributed by atoms with Crippen molar-refractivity contribution in [1.82, 2.24) is 30.1 Å². The SMILES string of the molecule is CNC(=O)N(C(C)C)N1CC(=O)N2[C@@H](Cc3ccc(OCC(=O)OC)cc3)C(=O)N(Cc3cccc4sc(N)nc34)C[C@@H]21. The van der Waals surface area contributed by atoms with Crippen molar-refractivity contribution in [2.24, 2.45) is 0 Å². The van der Waals surface area contributed by atoms with Gasteiger partial charge in [0, 0.05) is 26.1 Å². The molecule has 0 radical (unpaired) electrons. The van der Waals surface area contributed by atoms with Crippen molar-refractivity contribution < 1.29 is 28.7 Å². The molecule has 0 aliphatic carbocycles. The molecule has 228 valence electrons. The molecule has 0 saturated carbocycles. The molecule has 0 bridgehead atoms. The van der Waals surface area contributed by atoms with Crippen molar-refractivity contribution in [3.8, 4) is 5.75 Å². The maximum atomic E-state index is 14.1. The van der Waals surface area contributed by atoms with Crippen LogP contribution in [0.1, 0.15) is 25.0 Å². The van der Waals surface area contributed by atoms with Gasteiger partial charge >= 0.3 is 12.0 Å². The van der Waals surface area contributed by atoms with E-state index in [1.807, 2.05) is 32.0 Å². The number of methoxy groups -OCH3 is 1. The Morgan fingerprint density at radius 1 is 1.19 bits per heavy atom. The number of esters is 1. The van der Waals surface area contributed by atoms with Crippen LogP contribution in [0.4, 0.5) is 9.93 Å². The Kier molecular flexibility index (Phi) is 8.69. The number of ether oxygens (including phenoxy) is 2. The van der Waals surface area contributed by atoms with E-state index in [2.05, 4.69) is 15.0 Å². The topological polar surface area (TPSA) is 151 Å². The number of amides is 4. The molecule has 2 fully saturated rings. The summed E-state index contributed by atoms with van der Waals surface area (Å²) in [5.41, 5.74) is 8.38. The van der Waals surface area contributed by atoms with Crippen molar-refractivity contribution in [3.63, 3.8) is 0 Å². The van der Waals surface area contributed by atoms with Gasteiger partial charge in [-0.05, 0) is 43.2 Å². The quantitative estimate of drug-likeness (QED) is 0.346. The number of aromatic nitrogens is 1. The predicted octanol–water partition coefficient (Wildman–Crippen LogP) is 1.82. The van der Waals surface area contributed by atoms with Gasteiger partial charge in [0.25, 0.3) is 0 Å². The number of benzene rings is 2. The summed E-state index contributed by atoms with van der Waals surface area (Å²) in [5, 5.41) is 6.41. The number of anilines is 1. The van der Waals surface area contributed by atoms with Gasteiger partial charge < -0.3 is 30.3 Å². The standard InChI is InChI=1S/C29H35N7O6S/c1-17(2)36(29(40)31-3)34-15-24(37)35-21(12-18-8-10-20(11-9-18)42-16-25(38)41-4)27(39)33(14-23(34)35)13-19-6-5-7-22-26(19)32-28(30)43-22/h5-11,17,21,23H,12-16H2,1-4H3,(H2,30,32)(H,31,40)/t21-,23+/m0/s1. The van der Waals surface area contributed by atoms with E-state index >= 15 is 0 Å². The van der Waals surface area contributed by atoms with Crippen LogP contribution >= 0.6 is 11.3 Å². The summed E-state index contributed by atoms with van der Waals surface area (Å²) < 4.78 is 11.0. The normalized spacial score (nSPS) is 18.7. The highest BCUT2D eigenvalue weighted by molar-refractivity contribution is 7.22. The second-order valence-corrected chi connectivity index (χ2v) is 11.7. The van der Waals surface area contributed by atoms with E-state index in [1.54, 1.807) is 51.1 Å². The van der Waals surface area contributed by atoms with Crippen LogP contribution in [0.2, 0.25) is 0 Å². The van der Waals surface area contributed by atoms with Gasteiger partial charge in [0.05, 0.1) is 30.4 Å². The highest BCUT2D eigenvalue weighted by atomic mass is 32.1. The zero-order chi connectivity index (χ0) is 30.8. The minimum atomic E-state index is -0.809. The van der Waals surface area contributed by atoms with Crippen molar-refractivity contribution in [2.75, 3.05) is 39.6 Å². The Bertz CT molecular complexity index is 1530. The molecular weight excluding hydrogens is 574 g/mol. The highest BCUT2D eigenvalue weighted by Gasteiger charge is 2.52. The molecule has 3 heterocycles. The van der Waals surface area contributed by atoms with Crippen LogP contribution in [0.15, 0.2) is 42.5 Å². The van der Waals surface area contributed by atoms with E-state index in [9.17, 15) is 19.2 Å². The minimum Gasteiger partial charge on any atom is -0.482 e. The maximum absolute atomic E-state index is 14.1. The molecule has 13 nitrogen and oxygen atoms in total. The van der Waals surface area contributed by atoms with Gasteiger partial charge in [0.2, 0.25) is 11.8 Å². The average Bonchev–Trinajstić information content (AvgIpc) is 3.53.